The minimum absolute atomic E-state index is 0.0246. The van der Waals surface area contributed by atoms with Crippen LogP contribution in [-0.4, -0.2) is 29.4 Å². The van der Waals surface area contributed by atoms with Gasteiger partial charge in [0.15, 0.2) is 0 Å². The largest absolute Gasteiger partial charge is 0.344 e. The van der Waals surface area contributed by atoms with Crippen LogP contribution in [0.15, 0.2) is 24.4 Å². The van der Waals surface area contributed by atoms with Gasteiger partial charge in [-0.2, -0.15) is 5.26 Å². The van der Waals surface area contributed by atoms with E-state index in [0.29, 0.717) is 19.4 Å². The lowest BCUT2D eigenvalue weighted by atomic mass is 9.86. The van der Waals surface area contributed by atoms with Gasteiger partial charge in [-0.3, -0.25) is 9.78 Å². The Hall–Kier alpha value is -1.89. The van der Waals surface area contributed by atoms with E-state index in [1.165, 1.54) is 0 Å². The quantitative estimate of drug-likeness (QED) is 0.830. The van der Waals surface area contributed by atoms with E-state index in [-0.39, 0.29) is 5.91 Å². The van der Waals surface area contributed by atoms with Crippen molar-refractivity contribution in [3.63, 3.8) is 0 Å². The topological polar surface area (TPSA) is 57.0 Å². The average molecular weight is 257 g/mol. The van der Waals surface area contributed by atoms with Crippen molar-refractivity contribution >= 4 is 5.91 Å². The SMILES string of the molecule is CN(CCc1ccccn1)C(=O)C1(C#N)CCCC1. The van der Waals surface area contributed by atoms with Crippen LogP contribution in [0, 0.1) is 16.7 Å². The summed E-state index contributed by atoms with van der Waals surface area (Å²) in [6.07, 6.45) is 5.85. The molecule has 0 unspecified atom stereocenters. The summed E-state index contributed by atoms with van der Waals surface area (Å²) in [5.74, 6) is -0.0246. The maximum absolute atomic E-state index is 12.4. The molecule has 1 amide bonds. The van der Waals surface area contributed by atoms with Crippen LogP contribution in [0.4, 0.5) is 0 Å². The molecule has 0 radical (unpaired) electrons. The predicted molar refractivity (Wildman–Crippen MR) is 72.1 cm³/mol. The summed E-state index contributed by atoms with van der Waals surface area (Å²) in [7, 11) is 1.78. The summed E-state index contributed by atoms with van der Waals surface area (Å²) in [6, 6.07) is 8.02. The number of nitrogens with zero attached hydrogens (tertiary/aromatic N) is 3. The van der Waals surface area contributed by atoms with Crippen molar-refractivity contribution < 1.29 is 4.79 Å². The average Bonchev–Trinajstić information content (AvgIpc) is 2.95. The van der Waals surface area contributed by atoms with E-state index in [1.807, 2.05) is 18.2 Å². The fraction of sp³-hybridized carbons (Fsp3) is 0.533. The Bertz CT molecular complexity index is 472. The lowest BCUT2D eigenvalue weighted by Crippen LogP contribution is -2.40. The molecule has 2 rings (SSSR count). The first kappa shape index (κ1) is 13.5. The molecular weight excluding hydrogens is 238 g/mol. The maximum atomic E-state index is 12.4. The zero-order valence-electron chi connectivity index (χ0n) is 11.3. The summed E-state index contributed by atoms with van der Waals surface area (Å²) in [5, 5.41) is 9.31. The number of aromatic nitrogens is 1. The lowest BCUT2D eigenvalue weighted by Gasteiger charge is -2.26. The molecule has 1 saturated carbocycles. The van der Waals surface area contributed by atoms with Gasteiger partial charge in [0.25, 0.3) is 0 Å². The van der Waals surface area contributed by atoms with E-state index in [0.717, 1.165) is 25.0 Å². The highest BCUT2D eigenvalue weighted by molar-refractivity contribution is 5.85. The van der Waals surface area contributed by atoms with Crippen molar-refractivity contribution in [2.45, 2.75) is 32.1 Å². The standard InChI is InChI=1S/C15H19N3O/c1-18(11-7-13-6-2-5-10-17-13)14(19)15(12-16)8-3-4-9-15/h2,5-6,10H,3-4,7-9,11H2,1H3. The van der Waals surface area contributed by atoms with Crippen LogP contribution in [0.2, 0.25) is 0 Å². The second-order valence-electron chi connectivity index (χ2n) is 5.20. The lowest BCUT2D eigenvalue weighted by molar-refractivity contribution is -0.137. The summed E-state index contributed by atoms with van der Waals surface area (Å²) in [6.45, 7) is 0.610. The number of carbonyl (C=O) groups excluding carboxylic acids is 1. The van der Waals surface area contributed by atoms with E-state index in [4.69, 9.17) is 0 Å². The van der Waals surface area contributed by atoms with E-state index >= 15 is 0 Å². The van der Waals surface area contributed by atoms with Gasteiger partial charge in [0.05, 0.1) is 6.07 Å². The van der Waals surface area contributed by atoms with Gasteiger partial charge < -0.3 is 4.90 Å². The number of hydrogen-bond acceptors (Lipinski definition) is 3. The first-order valence-electron chi connectivity index (χ1n) is 6.75. The third-order valence-corrected chi connectivity index (χ3v) is 3.86. The summed E-state index contributed by atoms with van der Waals surface area (Å²) < 4.78 is 0. The highest BCUT2D eigenvalue weighted by atomic mass is 16.2. The Morgan fingerprint density at radius 3 is 2.79 bits per heavy atom. The van der Waals surface area contributed by atoms with Crippen LogP contribution in [0.1, 0.15) is 31.4 Å². The molecule has 1 heterocycles. The fourth-order valence-corrected chi connectivity index (χ4v) is 2.65. The molecule has 0 spiro atoms. The maximum Gasteiger partial charge on any atom is 0.242 e. The molecule has 1 aromatic heterocycles. The Morgan fingerprint density at radius 1 is 1.47 bits per heavy atom. The minimum Gasteiger partial charge on any atom is -0.344 e. The monoisotopic (exact) mass is 257 g/mol. The van der Waals surface area contributed by atoms with Gasteiger partial charge in [-0.1, -0.05) is 18.9 Å². The summed E-state index contributed by atoms with van der Waals surface area (Å²) in [5.41, 5.74) is 0.207. The fourth-order valence-electron chi connectivity index (χ4n) is 2.65. The normalized spacial score (nSPS) is 16.8. The second kappa shape index (κ2) is 5.83. The van der Waals surface area contributed by atoms with Gasteiger partial charge in [0, 0.05) is 31.9 Å². The van der Waals surface area contributed by atoms with Crippen LogP contribution in [0.5, 0.6) is 0 Å². The van der Waals surface area contributed by atoms with Crippen molar-refractivity contribution in [2.75, 3.05) is 13.6 Å². The van der Waals surface area contributed by atoms with E-state index in [2.05, 4.69) is 11.1 Å². The Balaban J connectivity index is 1.94. The molecule has 0 aliphatic heterocycles. The van der Waals surface area contributed by atoms with Crippen LogP contribution >= 0.6 is 0 Å². The smallest absolute Gasteiger partial charge is 0.242 e. The molecule has 1 aromatic rings. The number of amides is 1. The number of rotatable bonds is 4. The number of likely N-dealkylation sites (N-methyl/N-ethyl adjacent to an activating group) is 1. The highest BCUT2D eigenvalue weighted by Crippen LogP contribution is 2.38. The first-order chi connectivity index (χ1) is 9.18. The summed E-state index contributed by atoms with van der Waals surface area (Å²) >= 11 is 0. The third-order valence-electron chi connectivity index (χ3n) is 3.86. The van der Waals surface area contributed by atoms with E-state index < -0.39 is 5.41 Å². The summed E-state index contributed by atoms with van der Waals surface area (Å²) in [4.78, 5) is 18.3. The Labute approximate surface area is 114 Å². The zero-order valence-corrected chi connectivity index (χ0v) is 11.3. The first-order valence-corrected chi connectivity index (χ1v) is 6.75. The molecule has 1 fully saturated rings. The Kier molecular flexibility index (Phi) is 4.16. The van der Waals surface area contributed by atoms with Gasteiger partial charge in [0.2, 0.25) is 5.91 Å². The van der Waals surface area contributed by atoms with Crippen LogP contribution in [-0.2, 0) is 11.2 Å². The molecule has 0 bridgehead atoms. The van der Waals surface area contributed by atoms with Gasteiger partial charge in [0.1, 0.15) is 5.41 Å². The number of hydrogen-bond donors (Lipinski definition) is 0. The number of nitriles is 1. The molecule has 100 valence electrons. The van der Waals surface area contributed by atoms with Crippen LogP contribution in [0.25, 0.3) is 0 Å². The number of carbonyl (C=O) groups is 1. The molecule has 4 nitrogen and oxygen atoms in total. The molecule has 0 N–H and O–H groups in total. The van der Waals surface area contributed by atoms with Crippen molar-refractivity contribution in [1.29, 1.82) is 5.26 Å². The third kappa shape index (κ3) is 2.93. The van der Waals surface area contributed by atoms with Gasteiger partial charge in [-0.25, -0.2) is 0 Å². The zero-order chi connectivity index (χ0) is 13.7. The molecule has 1 aliphatic carbocycles. The van der Waals surface area contributed by atoms with Crippen LogP contribution in [0.3, 0.4) is 0 Å². The van der Waals surface area contributed by atoms with Gasteiger partial charge in [-0.15, -0.1) is 0 Å². The van der Waals surface area contributed by atoms with Crippen molar-refractivity contribution in [3.8, 4) is 6.07 Å². The number of pyridine rings is 1. The Morgan fingerprint density at radius 2 is 2.21 bits per heavy atom. The molecule has 4 heteroatoms. The highest BCUT2D eigenvalue weighted by Gasteiger charge is 2.42. The molecule has 0 aromatic carbocycles. The second-order valence-corrected chi connectivity index (χ2v) is 5.20. The molecule has 1 aliphatic rings. The van der Waals surface area contributed by atoms with Crippen molar-refractivity contribution in [1.82, 2.24) is 9.88 Å². The molecule has 0 atom stereocenters. The van der Waals surface area contributed by atoms with Gasteiger partial charge in [-0.05, 0) is 25.0 Å². The predicted octanol–water partition coefficient (Wildman–Crippen LogP) is 2.17. The van der Waals surface area contributed by atoms with Crippen molar-refractivity contribution in [3.05, 3.63) is 30.1 Å². The molecular formula is C15H19N3O. The molecule has 19 heavy (non-hydrogen) atoms. The van der Waals surface area contributed by atoms with Gasteiger partial charge >= 0.3 is 0 Å². The molecule has 0 saturated heterocycles. The van der Waals surface area contributed by atoms with E-state index in [1.54, 1.807) is 18.1 Å². The van der Waals surface area contributed by atoms with Crippen LogP contribution < -0.4 is 0 Å². The van der Waals surface area contributed by atoms with Crippen molar-refractivity contribution in [2.24, 2.45) is 5.41 Å². The minimum atomic E-state index is -0.765. The van der Waals surface area contributed by atoms with E-state index in [9.17, 15) is 10.1 Å².